The predicted molar refractivity (Wildman–Crippen MR) is 66.5 cm³/mol. The van der Waals surface area contributed by atoms with Crippen LogP contribution in [0.3, 0.4) is 0 Å². The minimum Gasteiger partial charge on any atom is -0.341 e. The summed E-state index contributed by atoms with van der Waals surface area (Å²) in [6.07, 6.45) is -5.25. The Bertz CT molecular complexity index is 445. The molecule has 0 saturated heterocycles. The summed E-state index contributed by atoms with van der Waals surface area (Å²) < 4.78 is 37.0. The van der Waals surface area contributed by atoms with Gasteiger partial charge in [-0.3, -0.25) is 4.79 Å². The molecule has 6 heteroatoms. The van der Waals surface area contributed by atoms with Gasteiger partial charge in [0.15, 0.2) is 0 Å². The minimum atomic E-state index is -4.25. The molecular weight excluding hydrogens is 311 g/mol. The Balaban J connectivity index is 2.77. The minimum absolute atomic E-state index is 0.339. The van der Waals surface area contributed by atoms with Crippen molar-refractivity contribution < 1.29 is 18.0 Å². The Labute approximate surface area is 112 Å². The van der Waals surface area contributed by atoms with Crippen LogP contribution in [-0.4, -0.2) is 30.6 Å². The predicted octanol–water partition coefficient (Wildman–Crippen LogP) is 3.78. The molecule has 0 bridgehead atoms. The van der Waals surface area contributed by atoms with Gasteiger partial charge in [-0.25, -0.2) is 0 Å². The summed E-state index contributed by atoms with van der Waals surface area (Å²) in [7, 11) is 1.37. The van der Waals surface area contributed by atoms with Crippen LogP contribution in [0.15, 0.2) is 22.7 Å². The summed E-state index contributed by atoms with van der Waals surface area (Å²) >= 11 is 3.23. The molecule has 0 aliphatic rings. The second-order valence-electron chi connectivity index (χ2n) is 4.05. The second-order valence-corrected chi connectivity index (χ2v) is 4.97. The van der Waals surface area contributed by atoms with E-state index >= 15 is 0 Å². The quantitative estimate of drug-likeness (QED) is 0.829. The molecular formula is C12H13BrF3NO. The number of halogens is 4. The number of aryl methyl sites for hydroxylation is 1. The van der Waals surface area contributed by atoms with Crippen LogP contribution in [-0.2, 0) is 0 Å². The van der Waals surface area contributed by atoms with Crippen molar-refractivity contribution in [3.8, 4) is 0 Å². The first-order chi connectivity index (χ1) is 8.20. The SMILES string of the molecule is Cc1ccc(Br)cc1C(=O)N(C)CCC(F)(F)F. The molecule has 2 nitrogen and oxygen atoms in total. The van der Waals surface area contributed by atoms with Gasteiger partial charge in [0.25, 0.3) is 5.91 Å². The smallest absolute Gasteiger partial charge is 0.341 e. The average Bonchev–Trinajstić information content (AvgIpc) is 2.27. The third-order valence-corrected chi connectivity index (χ3v) is 3.00. The molecule has 0 aliphatic carbocycles. The molecule has 0 heterocycles. The van der Waals surface area contributed by atoms with Crippen molar-refractivity contribution in [1.82, 2.24) is 4.90 Å². The Kier molecular flexibility index (Phi) is 4.78. The van der Waals surface area contributed by atoms with Crippen LogP contribution in [0.4, 0.5) is 13.2 Å². The molecule has 1 aromatic rings. The summed E-state index contributed by atoms with van der Waals surface area (Å²) in [4.78, 5) is 13.1. The van der Waals surface area contributed by atoms with Gasteiger partial charge in [-0.15, -0.1) is 0 Å². The molecule has 1 aromatic carbocycles. The molecule has 0 spiro atoms. The Morgan fingerprint density at radius 2 is 2.00 bits per heavy atom. The first-order valence-corrected chi connectivity index (χ1v) is 6.08. The van der Waals surface area contributed by atoms with Gasteiger partial charge in [-0.2, -0.15) is 13.2 Å². The third-order valence-electron chi connectivity index (χ3n) is 2.51. The van der Waals surface area contributed by atoms with E-state index in [0.29, 0.717) is 5.56 Å². The highest BCUT2D eigenvalue weighted by Crippen LogP contribution is 2.21. The van der Waals surface area contributed by atoms with Crippen LogP contribution in [0, 0.1) is 6.92 Å². The highest BCUT2D eigenvalue weighted by atomic mass is 79.9. The number of rotatable bonds is 3. The fourth-order valence-corrected chi connectivity index (χ4v) is 1.79. The van der Waals surface area contributed by atoms with Crippen LogP contribution in [0.25, 0.3) is 0 Å². The lowest BCUT2D eigenvalue weighted by atomic mass is 10.1. The van der Waals surface area contributed by atoms with Crippen molar-refractivity contribution in [1.29, 1.82) is 0 Å². The lowest BCUT2D eigenvalue weighted by Gasteiger charge is -2.19. The third kappa shape index (κ3) is 4.33. The maximum absolute atomic E-state index is 12.1. The zero-order chi connectivity index (χ0) is 13.9. The summed E-state index contributed by atoms with van der Waals surface area (Å²) in [5, 5.41) is 0. The van der Waals surface area contributed by atoms with Crippen LogP contribution >= 0.6 is 15.9 Å². The molecule has 100 valence electrons. The zero-order valence-electron chi connectivity index (χ0n) is 10.0. The van der Waals surface area contributed by atoms with Crippen LogP contribution in [0.5, 0.6) is 0 Å². The van der Waals surface area contributed by atoms with E-state index in [9.17, 15) is 18.0 Å². The molecule has 0 aliphatic heterocycles. The van der Waals surface area contributed by atoms with Gasteiger partial charge >= 0.3 is 6.18 Å². The van der Waals surface area contributed by atoms with Gasteiger partial charge in [0.1, 0.15) is 0 Å². The molecule has 0 fully saturated rings. The van der Waals surface area contributed by atoms with E-state index in [0.717, 1.165) is 14.9 Å². The molecule has 1 rings (SSSR count). The number of amides is 1. The van der Waals surface area contributed by atoms with E-state index in [4.69, 9.17) is 0 Å². The number of carbonyl (C=O) groups is 1. The lowest BCUT2D eigenvalue weighted by Crippen LogP contribution is -2.31. The molecule has 0 N–H and O–H groups in total. The highest BCUT2D eigenvalue weighted by Gasteiger charge is 2.28. The number of nitrogens with zero attached hydrogens (tertiary/aromatic N) is 1. The maximum atomic E-state index is 12.1. The number of hydrogen-bond donors (Lipinski definition) is 0. The molecule has 1 amide bonds. The summed E-state index contributed by atoms with van der Waals surface area (Å²) in [6.45, 7) is 1.41. The van der Waals surface area contributed by atoms with E-state index in [1.165, 1.54) is 7.05 Å². The van der Waals surface area contributed by atoms with E-state index in [2.05, 4.69) is 15.9 Å². The molecule has 0 atom stereocenters. The van der Waals surface area contributed by atoms with Crippen LogP contribution in [0.1, 0.15) is 22.3 Å². The number of benzene rings is 1. The summed E-state index contributed by atoms with van der Waals surface area (Å²) in [5.41, 5.74) is 1.15. The van der Waals surface area contributed by atoms with Gasteiger partial charge in [-0.05, 0) is 24.6 Å². The Morgan fingerprint density at radius 3 is 2.56 bits per heavy atom. The Hall–Kier alpha value is -1.04. The Morgan fingerprint density at radius 1 is 1.39 bits per heavy atom. The van der Waals surface area contributed by atoms with Gasteiger partial charge in [-0.1, -0.05) is 22.0 Å². The van der Waals surface area contributed by atoms with E-state index in [1.807, 2.05) is 0 Å². The van der Waals surface area contributed by atoms with Gasteiger partial charge in [0.2, 0.25) is 0 Å². The highest BCUT2D eigenvalue weighted by molar-refractivity contribution is 9.10. The zero-order valence-corrected chi connectivity index (χ0v) is 11.6. The fraction of sp³-hybridized carbons (Fsp3) is 0.417. The monoisotopic (exact) mass is 323 g/mol. The van der Waals surface area contributed by atoms with Crippen molar-refractivity contribution >= 4 is 21.8 Å². The van der Waals surface area contributed by atoms with Crippen LogP contribution < -0.4 is 0 Å². The summed E-state index contributed by atoms with van der Waals surface area (Å²) in [5.74, 6) is -0.405. The van der Waals surface area contributed by atoms with Crippen molar-refractivity contribution in [2.75, 3.05) is 13.6 Å². The normalized spacial score (nSPS) is 11.4. The second kappa shape index (κ2) is 5.73. The first kappa shape index (κ1) is 15.0. The largest absolute Gasteiger partial charge is 0.390 e. The molecule has 0 aromatic heterocycles. The first-order valence-electron chi connectivity index (χ1n) is 5.29. The molecule has 18 heavy (non-hydrogen) atoms. The van der Waals surface area contributed by atoms with E-state index in [1.54, 1.807) is 25.1 Å². The van der Waals surface area contributed by atoms with Crippen molar-refractivity contribution in [3.63, 3.8) is 0 Å². The number of hydrogen-bond acceptors (Lipinski definition) is 1. The lowest BCUT2D eigenvalue weighted by molar-refractivity contribution is -0.136. The van der Waals surface area contributed by atoms with E-state index in [-0.39, 0.29) is 6.54 Å². The fourth-order valence-electron chi connectivity index (χ4n) is 1.43. The average molecular weight is 324 g/mol. The van der Waals surface area contributed by atoms with Crippen LogP contribution in [0.2, 0.25) is 0 Å². The van der Waals surface area contributed by atoms with Gasteiger partial charge in [0, 0.05) is 23.6 Å². The molecule has 0 saturated carbocycles. The molecule has 0 unspecified atom stereocenters. The van der Waals surface area contributed by atoms with Gasteiger partial charge in [0.05, 0.1) is 6.42 Å². The standard InChI is InChI=1S/C12H13BrF3NO/c1-8-3-4-9(13)7-10(8)11(18)17(2)6-5-12(14,15)16/h3-4,7H,5-6H2,1-2H3. The summed E-state index contributed by atoms with van der Waals surface area (Å²) in [6, 6.07) is 5.14. The maximum Gasteiger partial charge on any atom is 0.390 e. The van der Waals surface area contributed by atoms with Gasteiger partial charge < -0.3 is 4.90 Å². The van der Waals surface area contributed by atoms with E-state index < -0.39 is 18.5 Å². The number of carbonyl (C=O) groups excluding carboxylic acids is 1. The van der Waals surface area contributed by atoms with Crippen molar-refractivity contribution in [2.45, 2.75) is 19.5 Å². The molecule has 0 radical (unpaired) electrons. The van der Waals surface area contributed by atoms with Crippen molar-refractivity contribution in [3.05, 3.63) is 33.8 Å². The topological polar surface area (TPSA) is 20.3 Å². The number of alkyl halides is 3. The van der Waals surface area contributed by atoms with Crippen molar-refractivity contribution in [2.24, 2.45) is 0 Å².